The van der Waals surface area contributed by atoms with Crippen LogP contribution < -0.4 is 5.32 Å². The molecule has 0 saturated carbocycles. The Labute approximate surface area is 127 Å². The summed E-state index contributed by atoms with van der Waals surface area (Å²) < 4.78 is 25.6. The zero-order chi connectivity index (χ0) is 16.2. The lowest BCUT2D eigenvalue weighted by Crippen LogP contribution is -2.31. The molecule has 1 aromatic carbocycles. The summed E-state index contributed by atoms with van der Waals surface area (Å²) in [5, 5.41) is 11.2. The topological polar surface area (TPSA) is 104 Å². The Balaban J connectivity index is 3.09. The third kappa shape index (κ3) is 4.16. The van der Waals surface area contributed by atoms with E-state index in [-0.39, 0.29) is 34.4 Å². The summed E-state index contributed by atoms with van der Waals surface area (Å²) in [6.07, 6.45) is -0.0114. The quantitative estimate of drug-likeness (QED) is 0.800. The summed E-state index contributed by atoms with van der Waals surface area (Å²) >= 11 is 5.84. The van der Waals surface area contributed by atoms with Gasteiger partial charge in [0.2, 0.25) is 15.9 Å². The first kappa shape index (κ1) is 17.4. The second-order valence-electron chi connectivity index (χ2n) is 4.20. The van der Waals surface area contributed by atoms with Crippen LogP contribution in [0.2, 0.25) is 5.02 Å². The molecule has 0 heterocycles. The highest BCUT2D eigenvalue weighted by molar-refractivity contribution is 7.89. The van der Waals surface area contributed by atoms with Crippen molar-refractivity contribution in [2.24, 2.45) is 0 Å². The van der Waals surface area contributed by atoms with Crippen molar-refractivity contribution in [1.82, 2.24) is 9.62 Å². The van der Waals surface area contributed by atoms with Crippen LogP contribution in [0.15, 0.2) is 23.1 Å². The first-order chi connectivity index (χ1) is 9.70. The van der Waals surface area contributed by atoms with Gasteiger partial charge in [-0.1, -0.05) is 11.6 Å². The number of aromatic carboxylic acids is 1. The number of carbonyl (C=O) groups is 2. The fourth-order valence-corrected chi connectivity index (χ4v) is 3.17. The summed E-state index contributed by atoms with van der Waals surface area (Å²) in [5.41, 5.74) is -0.183. The van der Waals surface area contributed by atoms with E-state index in [1.54, 1.807) is 0 Å². The fourth-order valence-electron chi connectivity index (χ4n) is 1.51. The van der Waals surface area contributed by atoms with Gasteiger partial charge in [0.1, 0.15) is 4.90 Å². The lowest BCUT2D eigenvalue weighted by atomic mass is 10.2. The maximum Gasteiger partial charge on any atom is 0.335 e. The van der Waals surface area contributed by atoms with Crippen molar-refractivity contribution in [3.05, 3.63) is 28.8 Å². The zero-order valence-electron chi connectivity index (χ0n) is 11.5. The Hall–Kier alpha value is -1.64. The second-order valence-corrected chi connectivity index (χ2v) is 6.62. The number of amides is 1. The van der Waals surface area contributed by atoms with Gasteiger partial charge in [-0.2, -0.15) is 0 Å². The first-order valence-electron chi connectivity index (χ1n) is 5.90. The predicted octanol–water partition coefficient (Wildman–Crippen LogP) is 0.795. The van der Waals surface area contributed by atoms with Crippen LogP contribution in [0.3, 0.4) is 0 Å². The van der Waals surface area contributed by atoms with Gasteiger partial charge in [-0.15, -0.1) is 0 Å². The number of hydrogen-bond donors (Lipinski definition) is 2. The van der Waals surface area contributed by atoms with Gasteiger partial charge in [0.15, 0.2) is 0 Å². The molecule has 9 heteroatoms. The summed E-state index contributed by atoms with van der Waals surface area (Å²) in [6, 6.07) is 3.43. The number of hydrogen-bond acceptors (Lipinski definition) is 4. The number of halogens is 1. The Morgan fingerprint density at radius 2 is 2.00 bits per heavy atom. The Bertz CT molecular complexity index is 660. The minimum Gasteiger partial charge on any atom is -0.478 e. The number of nitrogens with one attached hydrogen (secondary N) is 1. The number of rotatable bonds is 6. The van der Waals surface area contributed by atoms with Crippen LogP contribution in [-0.2, 0) is 14.8 Å². The molecule has 0 aliphatic rings. The molecule has 2 N–H and O–H groups in total. The standard InChI is InChI=1S/C12H15ClN2O5S/c1-14-11(16)5-6-15(2)21(19,20)10-7-8(12(17)18)3-4-9(10)13/h3-4,7H,5-6H2,1-2H3,(H,14,16)(H,17,18). The van der Waals surface area contributed by atoms with Crippen molar-refractivity contribution in [3.8, 4) is 0 Å². The van der Waals surface area contributed by atoms with Crippen molar-refractivity contribution < 1.29 is 23.1 Å². The summed E-state index contributed by atoms with van der Waals surface area (Å²) in [7, 11) is -1.23. The molecule has 0 fully saturated rings. The van der Waals surface area contributed by atoms with Gasteiger partial charge < -0.3 is 10.4 Å². The first-order valence-corrected chi connectivity index (χ1v) is 7.71. The van der Waals surface area contributed by atoms with E-state index in [4.69, 9.17) is 16.7 Å². The number of nitrogens with zero attached hydrogens (tertiary/aromatic N) is 1. The van der Waals surface area contributed by atoms with Crippen molar-refractivity contribution in [3.63, 3.8) is 0 Å². The number of sulfonamides is 1. The largest absolute Gasteiger partial charge is 0.478 e. The fraction of sp³-hybridized carbons (Fsp3) is 0.333. The monoisotopic (exact) mass is 334 g/mol. The van der Waals surface area contributed by atoms with E-state index in [0.29, 0.717) is 0 Å². The molecule has 0 atom stereocenters. The number of carboxylic acids is 1. The van der Waals surface area contributed by atoms with Crippen molar-refractivity contribution in [2.75, 3.05) is 20.6 Å². The molecule has 1 aromatic rings. The minimum atomic E-state index is -3.97. The summed E-state index contributed by atoms with van der Waals surface area (Å²) in [4.78, 5) is 21.8. The zero-order valence-corrected chi connectivity index (χ0v) is 13.0. The van der Waals surface area contributed by atoms with Crippen LogP contribution >= 0.6 is 11.6 Å². The minimum absolute atomic E-state index is 0.0114. The van der Waals surface area contributed by atoms with Crippen molar-refractivity contribution in [2.45, 2.75) is 11.3 Å². The highest BCUT2D eigenvalue weighted by Crippen LogP contribution is 2.25. The van der Waals surface area contributed by atoms with E-state index in [1.807, 2.05) is 0 Å². The molecule has 1 amide bonds. The van der Waals surface area contributed by atoms with Crippen molar-refractivity contribution in [1.29, 1.82) is 0 Å². The maximum atomic E-state index is 12.3. The van der Waals surface area contributed by atoms with E-state index < -0.39 is 16.0 Å². The van der Waals surface area contributed by atoms with Crippen LogP contribution in [0.25, 0.3) is 0 Å². The lowest BCUT2D eigenvalue weighted by Gasteiger charge is -2.17. The van der Waals surface area contributed by atoms with E-state index in [0.717, 1.165) is 10.4 Å². The summed E-state index contributed by atoms with van der Waals surface area (Å²) in [6.45, 7) is -0.0460. The average molecular weight is 335 g/mol. The molecule has 0 aliphatic carbocycles. The van der Waals surface area contributed by atoms with Gasteiger partial charge in [-0.25, -0.2) is 17.5 Å². The highest BCUT2D eigenvalue weighted by Gasteiger charge is 2.25. The molecule has 0 spiro atoms. The molecule has 1 rings (SSSR count). The van der Waals surface area contributed by atoms with Gasteiger partial charge in [0.05, 0.1) is 10.6 Å². The molecule has 0 radical (unpaired) electrons. The normalized spacial score (nSPS) is 11.4. The average Bonchev–Trinajstić information content (AvgIpc) is 2.44. The SMILES string of the molecule is CNC(=O)CCN(C)S(=O)(=O)c1cc(C(=O)O)ccc1Cl. The molecule has 21 heavy (non-hydrogen) atoms. The van der Waals surface area contributed by atoms with Gasteiger partial charge in [-0.3, -0.25) is 4.79 Å². The number of carbonyl (C=O) groups excluding carboxylic acids is 1. The molecule has 0 saturated heterocycles. The molecule has 0 aliphatic heterocycles. The molecule has 0 unspecified atom stereocenters. The number of benzene rings is 1. The van der Waals surface area contributed by atoms with E-state index in [9.17, 15) is 18.0 Å². The molecule has 0 bridgehead atoms. The lowest BCUT2D eigenvalue weighted by molar-refractivity contribution is -0.120. The molecular weight excluding hydrogens is 320 g/mol. The smallest absolute Gasteiger partial charge is 0.335 e. The summed E-state index contributed by atoms with van der Waals surface area (Å²) in [5.74, 6) is -1.56. The second kappa shape index (κ2) is 6.88. The van der Waals surface area contributed by atoms with E-state index >= 15 is 0 Å². The Kier molecular flexibility index (Phi) is 5.70. The third-order valence-corrected chi connectivity index (χ3v) is 5.14. The van der Waals surface area contributed by atoms with Gasteiger partial charge in [0.25, 0.3) is 0 Å². The van der Waals surface area contributed by atoms with Crippen LogP contribution in [0, 0.1) is 0 Å². The third-order valence-electron chi connectivity index (χ3n) is 2.80. The van der Waals surface area contributed by atoms with E-state index in [1.165, 1.54) is 26.2 Å². The molecule has 116 valence electrons. The highest BCUT2D eigenvalue weighted by atomic mass is 35.5. The predicted molar refractivity (Wildman–Crippen MR) is 76.9 cm³/mol. The molecule has 0 aromatic heterocycles. The Morgan fingerprint density at radius 1 is 1.38 bits per heavy atom. The number of carboxylic acid groups (broad SMARTS) is 1. The van der Waals surface area contributed by atoms with Crippen LogP contribution in [0.5, 0.6) is 0 Å². The van der Waals surface area contributed by atoms with Crippen LogP contribution in [0.4, 0.5) is 0 Å². The van der Waals surface area contributed by atoms with Crippen LogP contribution in [0.1, 0.15) is 16.8 Å². The van der Waals surface area contributed by atoms with Gasteiger partial charge >= 0.3 is 5.97 Å². The van der Waals surface area contributed by atoms with Gasteiger partial charge in [-0.05, 0) is 18.2 Å². The Morgan fingerprint density at radius 3 is 2.52 bits per heavy atom. The van der Waals surface area contributed by atoms with E-state index in [2.05, 4.69) is 5.32 Å². The van der Waals surface area contributed by atoms with Crippen LogP contribution in [-0.4, -0.2) is 50.3 Å². The van der Waals surface area contributed by atoms with Gasteiger partial charge in [0, 0.05) is 27.1 Å². The maximum absolute atomic E-state index is 12.3. The molecular formula is C12H15ClN2O5S. The van der Waals surface area contributed by atoms with Crippen molar-refractivity contribution >= 4 is 33.5 Å². The molecule has 7 nitrogen and oxygen atoms in total.